The number of aromatic nitrogens is 5. The Bertz CT molecular complexity index is 1060. The molecule has 4 aromatic rings. The Morgan fingerprint density at radius 3 is 2.59 bits per heavy atom. The monoisotopic (exact) mass is 386 g/mol. The molecule has 7 nitrogen and oxygen atoms in total. The summed E-state index contributed by atoms with van der Waals surface area (Å²) in [6.45, 7) is 1.08. The first-order valence-electron chi connectivity index (χ1n) is 9.59. The van der Waals surface area contributed by atoms with Crippen LogP contribution >= 0.6 is 0 Å². The van der Waals surface area contributed by atoms with Gasteiger partial charge in [0.2, 0.25) is 0 Å². The zero-order valence-corrected chi connectivity index (χ0v) is 16.0. The van der Waals surface area contributed by atoms with Crippen LogP contribution in [-0.2, 0) is 19.5 Å². The van der Waals surface area contributed by atoms with Gasteiger partial charge in [-0.15, -0.1) is 5.10 Å². The van der Waals surface area contributed by atoms with Crippen molar-refractivity contribution in [1.29, 1.82) is 0 Å². The number of rotatable bonds is 8. The molecule has 4 rings (SSSR count). The van der Waals surface area contributed by atoms with Crippen LogP contribution in [0.3, 0.4) is 0 Å². The molecule has 0 radical (unpaired) electrons. The number of carbonyl (C=O) groups excluding carboxylic acids is 1. The lowest BCUT2D eigenvalue weighted by Crippen LogP contribution is -2.23. The highest BCUT2D eigenvalue weighted by Gasteiger charge is 2.13. The summed E-state index contributed by atoms with van der Waals surface area (Å²) in [7, 11) is 0. The molecule has 2 N–H and O–H groups in total. The zero-order valence-electron chi connectivity index (χ0n) is 16.0. The number of benzene rings is 2. The Morgan fingerprint density at radius 2 is 1.79 bits per heavy atom. The number of nitrogens with zero attached hydrogens (tertiary/aromatic N) is 4. The topological polar surface area (TPSA) is 88.5 Å². The smallest absolute Gasteiger partial charge is 0.273 e. The van der Waals surface area contributed by atoms with E-state index in [1.807, 2.05) is 48.5 Å². The molecule has 0 aliphatic heterocycles. The minimum Gasteiger partial charge on any atom is -0.346 e. The number of amides is 1. The van der Waals surface area contributed by atoms with Crippen molar-refractivity contribution in [2.45, 2.75) is 25.9 Å². The Balaban J connectivity index is 1.30. The molecular formula is C22H22N6O. The first kappa shape index (κ1) is 18.6. The average Bonchev–Trinajstić information content (AvgIpc) is 3.43. The molecular weight excluding hydrogens is 364 g/mol. The molecule has 0 bridgehead atoms. The highest BCUT2D eigenvalue weighted by molar-refractivity contribution is 5.91. The molecule has 0 aliphatic carbocycles. The maximum atomic E-state index is 12.4. The minimum absolute atomic E-state index is 0.250. The van der Waals surface area contributed by atoms with Gasteiger partial charge in [0, 0.05) is 18.7 Å². The molecule has 0 spiro atoms. The van der Waals surface area contributed by atoms with Crippen molar-refractivity contribution in [3.8, 4) is 11.3 Å². The second-order valence-electron chi connectivity index (χ2n) is 6.77. The highest BCUT2D eigenvalue weighted by atomic mass is 16.2. The molecule has 146 valence electrons. The summed E-state index contributed by atoms with van der Waals surface area (Å²) >= 11 is 0. The average molecular weight is 386 g/mol. The predicted molar refractivity (Wildman–Crippen MR) is 110 cm³/mol. The number of aryl methyl sites for hydroxylation is 2. The Morgan fingerprint density at radius 1 is 1.03 bits per heavy atom. The van der Waals surface area contributed by atoms with Crippen LogP contribution < -0.4 is 5.32 Å². The van der Waals surface area contributed by atoms with Gasteiger partial charge in [0.15, 0.2) is 5.69 Å². The molecule has 2 heterocycles. The standard InChI is InChI=1S/C22H22N6O/c29-22(23-14-19-15-24-26-21(19)18-11-5-2-6-12-18)20-16-28(27-25-20)13-7-10-17-8-3-1-4-9-17/h1-6,8-9,11-12,15-16H,7,10,13-14H2,(H,23,29)(H,24,26). The normalized spacial score (nSPS) is 10.8. The summed E-state index contributed by atoms with van der Waals surface area (Å²) in [6, 6.07) is 20.2. The molecule has 7 heteroatoms. The predicted octanol–water partition coefficient (Wildman–Crippen LogP) is 3.23. The van der Waals surface area contributed by atoms with Crippen LogP contribution in [0.15, 0.2) is 73.1 Å². The summed E-state index contributed by atoms with van der Waals surface area (Å²) in [5, 5.41) is 18.1. The van der Waals surface area contributed by atoms with Crippen LogP contribution in [-0.4, -0.2) is 31.1 Å². The van der Waals surface area contributed by atoms with E-state index < -0.39 is 0 Å². The van der Waals surface area contributed by atoms with Gasteiger partial charge in [-0.1, -0.05) is 65.9 Å². The van der Waals surface area contributed by atoms with Crippen LogP contribution in [0.2, 0.25) is 0 Å². The zero-order chi connectivity index (χ0) is 19.9. The van der Waals surface area contributed by atoms with Crippen molar-refractivity contribution in [1.82, 2.24) is 30.5 Å². The van der Waals surface area contributed by atoms with E-state index >= 15 is 0 Å². The van der Waals surface area contributed by atoms with Gasteiger partial charge < -0.3 is 5.32 Å². The van der Waals surface area contributed by atoms with Crippen LogP contribution in [0.5, 0.6) is 0 Å². The number of aromatic amines is 1. The largest absolute Gasteiger partial charge is 0.346 e. The fourth-order valence-electron chi connectivity index (χ4n) is 3.17. The maximum absolute atomic E-state index is 12.4. The van der Waals surface area contributed by atoms with Gasteiger partial charge in [-0.3, -0.25) is 14.6 Å². The second kappa shape index (κ2) is 8.97. The van der Waals surface area contributed by atoms with Crippen molar-refractivity contribution < 1.29 is 4.79 Å². The van der Waals surface area contributed by atoms with Gasteiger partial charge in [-0.2, -0.15) is 5.10 Å². The van der Waals surface area contributed by atoms with Crippen molar-refractivity contribution in [3.05, 3.63) is 89.9 Å². The number of carbonyl (C=O) groups is 1. The maximum Gasteiger partial charge on any atom is 0.273 e. The van der Waals surface area contributed by atoms with Crippen molar-refractivity contribution in [2.75, 3.05) is 0 Å². The molecule has 0 unspecified atom stereocenters. The molecule has 0 saturated heterocycles. The second-order valence-corrected chi connectivity index (χ2v) is 6.77. The van der Waals surface area contributed by atoms with Crippen molar-refractivity contribution >= 4 is 5.91 Å². The minimum atomic E-state index is -0.250. The summed E-state index contributed by atoms with van der Waals surface area (Å²) in [6.07, 6.45) is 5.31. The van der Waals surface area contributed by atoms with E-state index in [9.17, 15) is 4.79 Å². The Hall–Kier alpha value is -3.74. The van der Waals surface area contributed by atoms with Gasteiger partial charge in [-0.05, 0) is 24.0 Å². The SMILES string of the molecule is O=C(NCc1cn[nH]c1-c1ccccc1)c1cn(CCCc2ccccc2)nn1. The van der Waals surface area contributed by atoms with E-state index in [2.05, 4.69) is 38.0 Å². The molecule has 29 heavy (non-hydrogen) atoms. The first-order chi connectivity index (χ1) is 14.3. The van der Waals surface area contributed by atoms with Crippen molar-refractivity contribution in [2.24, 2.45) is 0 Å². The Labute approximate surface area is 168 Å². The lowest BCUT2D eigenvalue weighted by Gasteiger charge is -2.04. The lowest BCUT2D eigenvalue weighted by molar-refractivity contribution is 0.0946. The number of hydrogen-bond donors (Lipinski definition) is 2. The van der Waals surface area contributed by atoms with Gasteiger partial charge >= 0.3 is 0 Å². The molecule has 0 fully saturated rings. The summed E-state index contributed by atoms with van der Waals surface area (Å²) in [4.78, 5) is 12.4. The first-order valence-corrected chi connectivity index (χ1v) is 9.59. The van der Waals surface area contributed by atoms with Crippen LogP contribution in [0.1, 0.15) is 28.0 Å². The highest BCUT2D eigenvalue weighted by Crippen LogP contribution is 2.20. The van der Waals surface area contributed by atoms with E-state index in [1.165, 1.54) is 5.56 Å². The van der Waals surface area contributed by atoms with Crippen LogP contribution in [0.25, 0.3) is 11.3 Å². The Kier molecular flexibility index (Phi) is 5.76. The summed E-state index contributed by atoms with van der Waals surface area (Å²) in [5.74, 6) is -0.250. The fourth-order valence-corrected chi connectivity index (χ4v) is 3.17. The summed E-state index contributed by atoms with van der Waals surface area (Å²) < 4.78 is 1.71. The van der Waals surface area contributed by atoms with E-state index in [-0.39, 0.29) is 5.91 Å². The molecule has 0 aliphatic rings. The van der Waals surface area contributed by atoms with E-state index in [0.717, 1.165) is 36.2 Å². The number of hydrogen-bond acceptors (Lipinski definition) is 4. The lowest BCUT2D eigenvalue weighted by atomic mass is 10.1. The molecule has 2 aromatic carbocycles. The van der Waals surface area contributed by atoms with E-state index in [1.54, 1.807) is 17.1 Å². The van der Waals surface area contributed by atoms with Crippen molar-refractivity contribution in [3.63, 3.8) is 0 Å². The van der Waals surface area contributed by atoms with Gasteiger partial charge in [0.25, 0.3) is 5.91 Å². The van der Waals surface area contributed by atoms with Gasteiger partial charge in [0.05, 0.1) is 18.1 Å². The number of H-pyrrole nitrogens is 1. The third kappa shape index (κ3) is 4.76. The van der Waals surface area contributed by atoms with E-state index in [4.69, 9.17) is 0 Å². The molecule has 0 atom stereocenters. The molecule has 0 saturated carbocycles. The van der Waals surface area contributed by atoms with Gasteiger partial charge in [0.1, 0.15) is 0 Å². The molecule has 2 aromatic heterocycles. The summed E-state index contributed by atoms with van der Waals surface area (Å²) in [5.41, 5.74) is 4.45. The van der Waals surface area contributed by atoms with Gasteiger partial charge in [-0.25, -0.2) is 0 Å². The molecule has 1 amide bonds. The third-order valence-corrected chi connectivity index (χ3v) is 4.69. The third-order valence-electron chi connectivity index (χ3n) is 4.69. The number of nitrogens with one attached hydrogen (secondary N) is 2. The van der Waals surface area contributed by atoms with E-state index in [0.29, 0.717) is 12.2 Å². The fraction of sp³-hybridized carbons (Fsp3) is 0.182. The van der Waals surface area contributed by atoms with Crippen LogP contribution in [0.4, 0.5) is 0 Å². The van der Waals surface area contributed by atoms with Crippen LogP contribution in [0, 0.1) is 0 Å². The quantitative estimate of drug-likeness (QED) is 0.487.